The molecule has 0 fully saturated rings. The van der Waals surface area contributed by atoms with Gasteiger partial charge in [0.2, 0.25) is 0 Å². The van der Waals surface area contributed by atoms with Gasteiger partial charge in [-0.25, -0.2) is 0 Å². The van der Waals surface area contributed by atoms with Gasteiger partial charge in [0, 0.05) is 0 Å². The van der Waals surface area contributed by atoms with Crippen LogP contribution in [0.5, 0.6) is 11.5 Å². The molecule has 7 heteroatoms. The van der Waals surface area contributed by atoms with Crippen molar-refractivity contribution in [3.8, 4) is 11.5 Å². The van der Waals surface area contributed by atoms with Crippen molar-refractivity contribution in [3.05, 3.63) is 52.0 Å². The molecule has 0 saturated carbocycles. The first-order valence-corrected chi connectivity index (χ1v) is 9.29. The third-order valence-electron chi connectivity index (χ3n) is 3.41. The lowest BCUT2D eigenvalue weighted by atomic mass is 9.87. The van der Waals surface area contributed by atoms with E-state index in [-0.39, 0.29) is 31.9 Å². The van der Waals surface area contributed by atoms with Crippen molar-refractivity contribution < 1.29 is 17.3 Å². The Labute approximate surface area is 152 Å². The van der Waals surface area contributed by atoms with Crippen molar-refractivity contribution in [3.63, 3.8) is 0 Å². The Hall–Kier alpha value is -1.43. The van der Waals surface area contributed by atoms with E-state index in [0.29, 0.717) is 0 Å². The highest BCUT2D eigenvalue weighted by Gasteiger charge is 2.26. The summed E-state index contributed by atoms with van der Waals surface area (Å²) in [7, 11) is -2.75. The van der Waals surface area contributed by atoms with Gasteiger partial charge in [-0.3, -0.25) is 0 Å². The quantitative estimate of drug-likeness (QED) is 0.686. The Morgan fingerprint density at radius 2 is 1.67 bits per heavy atom. The first kappa shape index (κ1) is 18.9. The summed E-state index contributed by atoms with van der Waals surface area (Å²) in [5.74, 6) is 0.161. The van der Waals surface area contributed by atoms with E-state index in [1.165, 1.54) is 13.2 Å². The molecule has 2 aromatic rings. The monoisotopic (exact) mass is 388 g/mol. The molecule has 0 saturated heterocycles. The number of methoxy groups -OCH3 is 1. The Balaban J connectivity index is 2.54. The molecule has 0 radical (unpaired) electrons. The maximum Gasteiger partial charge on any atom is 0.342 e. The average molecular weight is 389 g/mol. The van der Waals surface area contributed by atoms with E-state index < -0.39 is 10.1 Å². The highest BCUT2D eigenvalue weighted by Crippen LogP contribution is 2.36. The summed E-state index contributed by atoms with van der Waals surface area (Å²) in [6, 6.07) is 9.52. The van der Waals surface area contributed by atoms with Crippen LogP contribution in [0, 0.1) is 0 Å². The van der Waals surface area contributed by atoms with Crippen LogP contribution in [0.2, 0.25) is 10.0 Å². The molecular formula is C17H18Cl2O4S. The molecule has 0 aliphatic rings. The van der Waals surface area contributed by atoms with E-state index >= 15 is 0 Å². The molecule has 0 atom stereocenters. The molecular weight excluding hydrogens is 371 g/mol. The van der Waals surface area contributed by atoms with Crippen LogP contribution in [0.4, 0.5) is 0 Å². The molecule has 24 heavy (non-hydrogen) atoms. The van der Waals surface area contributed by atoms with Crippen molar-refractivity contribution in [2.45, 2.75) is 31.1 Å². The molecule has 0 heterocycles. The normalized spacial score (nSPS) is 12.1. The van der Waals surface area contributed by atoms with E-state index in [9.17, 15) is 8.42 Å². The van der Waals surface area contributed by atoms with Crippen LogP contribution < -0.4 is 8.92 Å². The first-order chi connectivity index (χ1) is 11.1. The fourth-order valence-corrected chi connectivity index (χ4v) is 3.56. The van der Waals surface area contributed by atoms with Crippen LogP contribution in [0.15, 0.2) is 41.3 Å². The predicted molar refractivity (Wildman–Crippen MR) is 96.0 cm³/mol. The second kappa shape index (κ2) is 6.82. The van der Waals surface area contributed by atoms with Crippen molar-refractivity contribution in [1.29, 1.82) is 0 Å². The molecule has 0 aliphatic carbocycles. The van der Waals surface area contributed by atoms with Gasteiger partial charge in [0.05, 0.1) is 12.1 Å². The zero-order valence-electron chi connectivity index (χ0n) is 13.8. The number of benzene rings is 2. The number of hydrogen-bond acceptors (Lipinski definition) is 4. The fourth-order valence-electron chi connectivity index (χ4n) is 2.05. The van der Waals surface area contributed by atoms with Gasteiger partial charge < -0.3 is 8.92 Å². The minimum Gasteiger partial charge on any atom is -0.495 e. The van der Waals surface area contributed by atoms with Crippen LogP contribution in [-0.2, 0) is 15.5 Å². The van der Waals surface area contributed by atoms with Crippen molar-refractivity contribution in [1.82, 2.24) is 0 Å². The second-order valence-electron chi connectivity index (χ2n) is 6.21. The Morgan fingerprint density at radius 1 is 1.00 bits per heavy atom. The minimum absolute atomic E-state index is 0.0348. The van der Waals surface area contributed by atoms with E-state index in [4.69, 9.17) is 32.1 Å². The SMILES string of the molecule is COc1ccc(C(C)(C)C)cc1S(=O)(=O)Oc1cccc(Cl)c1Cl. The minimum atomic E-state index is -4.15. The van der Waals surface area contributed by atoms with Crippen molar-refractivity contribution >= 4 is 33.3 Å². The Morgan fingerprint density at radius 3 is 2.25 bits per heavy atom. The highest BCUT2D eigenvalue weighted by molar-refractivity contribution is 7.87. The van der Waals surface area contributed by atoms with E-state index in [2.05, 4.69) is 0 Å². The largest absolute Gasteiger partial charge is 0.495 e. The third kappa shape index (κ3) is 3.97. The van der Waals surface area contributed by atoms with Crippen LogP contribution in [0.25, 0.3) is 0 Å². The van der Waals surface area contributed by atoms with E-state index in [1.54, 1.807) is 24.3 Å². The molecule has 0 bridgehead atoms. The van der Waals surface area contributed by atoms with E-state index in [0.717, 1.165) is 5.56 Å². The fraction of sp³-hybridized carbons (Fsp3) is 0.294. The predicted octanol–water partition coefficient (Wildman–Crippen LogP) is 5.07. The van der Waals surface area contributed by atoms with Crippen LogP contribution in [0.3, 0.4) is 0 Å². The molecule has 0 spiro atoms. The average Bonchev–Trinajstić information content (AvgIpc) is 2.50. The first-order valence-electron chi connectivity index (χ1n) is 7.13. The van der Waals surface area contributed by atoms with Crippen molar-refractivity contribution in [2.75, 3.05) is 7.11 Å². The molecule has 0 aliphatic heterocycles. The Kier molecular flexibility index (Phi) is 5.37. The number of hydrogen-bond donors (Lipinski definition) is 0. The molecule has 2 rings (SSSR count). The van der Waals surface area contributed by atoms with Gasteiger partial charge in [0.25, 0.3) is 0 Å². The molecule has 130 valence electrons. The third-order valence-corrected chi connectivity index (χ3v) is 5.47. The standard InChI is InChI=1S/C17H18Cl2O4S/c1-17(2,3)11-8-9-13(22-4)15(10-11)24(20,21)23-14-7-5-6-12(18)16(14)19/h5-10H,1-4H3. The van der Waals surface area contributed by atoms with Crippen molar-refractivity contribution in [2.24, 2.45) is 0 Å². The van der Waals surface area contributed by atoms with Crippen LogP contribution in [-0.4, -0.2) is 15.5 Å². The van der Waals surface area contributed by atoms with Gasteiger partial charge in [-0.1, -0.05) is 56.1 Å². The molecule has 0 amide bonds. The van der Waals surface area contributed by atoms with Gasteiger partial charge in [0.15, 0.2) is 5.75 Å². The van der Waals surface area contributed by atoms with Gasteiger partial charge in [-0.05, 0) is 35.2 Å². The summed E-state index contributed by atoms with van der Waals surface area (Å²) in [6.07, 6.45) is 0. The summed E-state index contributed by atoms with van der Waals surface area (Å²) in [4.78, 5) is -0.0616. The number of ether oxygens (including phenoxy) is 1. The zero-order chi connectivity index (χ0) is 18.1. The summed E-state index contributed by atoms with van der Waals surface area (Å²) in [5, 5.41) is 0.244. The van der Waals surface area contributed by atoms with Gasteiger partial charge in [-0.2, -0.15) is 8.42 Å². The smallest absolute Gasteiger partial charge is 0.342 e. The number of halogens is 2. The molecule has 2 aromatic carbocycles. The molecule has 0 unspecified atom stereocenters. The summed E-state index contributed by atoms with van der Waals surface area (Å²) in [6.45, 7) is 5.96. The lowest BCUT2D eigenvalue weighted by Gasteiger charge is -2.21. The topological polar surface area (TPSA) is 52.6 Å². The summed E-state index contributed by atoms with van der Waals surface area (Å²) < 4.78 is 35.8. The van der Waals surface area contributed by atoms with Crippen LogP contribution >= 0.6 is 23.2 Å². The lowest BCUT2D eigenvalue weighted by Crippen LogP contribution is -2.15. The zero-order valence-corrected chi connectivity index (χ0v) is 16.1. The maximum atomic E-state index is 12.7. The molecule has 4 nitrogen and oxygen atoms in total. The second-order valence-corrected chi connectivity index (χ2v) is 8.50. The highest BCUT2D eigenvalue weighted by atomic mass is 35.5. The van der Waals surface area contributed by atoms with E-state index in [1.807, 2.05) is 26.8 Å². The van der Waals surface area contributed by atoms with Gasteiger partial charge in [0.1, 0.15) is 15.7 Å². The molecule has 0 aromatic heterocycles. The molecule has 0 N–H and O–H groups in total. The van der Waals surface area contributed by atoms with Gasteiger partial charge >= 0.3 is 10.1 Å². The summed E-state index contributed by atoms with van der Waals surface area (Å²) in [5.41, 5.74) is 0.604. The lowest BCUT2D eigenvalue weighted by molar-refractivity contribution is 0.397. The van der Waals surface area contributed by atoms with Gasteiger partial charge in [-0.15, -0.1) is 0 Å². The number of rotatable bonds is 4. The van der Waals surface area contributed by atoms with Crippen LogP contribution in [0.1, 0.15) is 26.3 Å². The Bertz CT molecular complexity index is 855. The maximum absolute atomic E-state index is 12.7. The summed E-state index contributed by atoms with van der Waals surface area (Å²) >= 11 is 11.9.